The fourth-order valence-corrected chi connectivity index (χ4v) is 3.43. The maximum Gasteiger partial charge on any atom is 0.118 e. The van der Waals surface area contributed by atoms with Gasteiger partial charge in [0.05, 0.1) is 7.11 Å². The molecule has 0 aliphatic heterocycles. The van der Waals surface area contributed by atoms with Crippen LogP contribution in [-0.2, 0) is 11.3 Å². The Labute approximate surface area is 163 Å². The molecule has 1 unspecified atom stereocenters. The lowest BCUT2D eigenvalue weighted by molar-refractivity contribution is 0.203. The molecule has 0 spiro atoms. The maximum absolute atomic E-state index is 6.08. The lowest BCUT2D eigenvalue weighted by Gasteiger charge is -2.33. The number of allylic oxidation sites excluding steroid dienone is 3. The Hall–Kier alpha value is -2.48. The first-order valence-electron chi connectivity index (χ1n) is 9.65. The van der Waals surface area contributed by atoms with Gasteiger partial charge in [-0.2, -0.15) is 0 Å². The van der Waals surface area contributed by atoms with Gasteiger partial charge in [-0.05, 0) is 52.3 Å². The van der Waals surface area contributed by atoms with Crippen LogP contribution in [-0.4, -0.2) is 7.11 Å². The average Bonchev–Trinajstić information content (AvgIpc) is 2.67. The van der Waals surface area contributed by atoms with E-state index >= 15 is 0 Å². The van der Waals surface area contributed by atoms with Gasteiger partial charge in [-0.3, -0.25) is 0 Å². The van der Waals surface area contributed by atoms with Gasteiger partial charge in [-0.25, -0.2) is 0 Å². The minimum absolute atomic E-state index is 0.0618. The first-order chi connectivity index (χ1) is 12.9. The molecule has 2 aromatic rings. The highest BCUT2D eigenvalue weighted by atomic mass is 16.5. The van der Waals surface area contributed by atoms with Crippen LogP contribution in [0.15, 0.2) is 72.5 Å². The largest absolute Gasteiger partial charge is 0.497 e. The van der Waals surface area contributed by atoms with Gasteiger partial charge in [0.1, 0.15) is 18.1 Å². The molecule has 0 N–H and O–H groups in total. The van der Waals surface area contributed by atoms with Gasteiger partial charge in [-0.15, -0.1) is 0 Å². The second-order valence-electron chi connectivity index (χ2n) is 8.16. The quantitative estimate of drug-likeness (QED) is 0.576. The van der Waals surface area contributed by atoms with Crippen LogP contribution in [0.4, 0.5) is 0 Å². The number of methoxy groups -OCH3 is 1. The Morgan fingerprint density at radius 3 is 2.22 bits per heavy atom. The molecule has 2 nitrogen and oxygen atoms in total. The van der Waals surface area contributed by atoms with Crippen molar-refractivity contribution in [3.05, 3.63) is 89.2 Å². The third-order valence-corrected chi connectivity index (χ3v) is 5.34. The van der Waals surface area contributed by atoms with E-state index in [0.717, 1.165) is 17.1 Å². The van der Waals surface area contributed by atoms with Crippen LogP contribution in [0, 0.1) is 5.41 Å². The SMILES string of the molecule is COc1ccc(COC2=CC(c3ccc(C(C)C)cc3)C(C)(C)C=C2)cc1. The molecule has 1 aliphatic carbocycles. The van der Waals surface area contributed by atoms with Crippen molar-refractivity contribution < 1.29 is 9.47 Å². The van der Waals surface area contributed by atoms with Crippen LogP contribution >= 0.6 is 0 Å². The van der Waals surface area contributed by atoms with E-state index in [-0.39, 0.29) is 5.41 Å². The van der Waals surface area contributed by atoms with Gasteiger partial charge in [0.2, 0.25) is 0 Å². The summed E-state index contributed by atoms with van der Waals surface area (Å²) >= 11 is 0. The number of rotatable bonds is 6. The lowest BCUT2D eigenvalue weighted by Crippen LogP contribution is -2.21. The van der Waals surface area contributed by atoms with E-state index in [1.807, 2.05) is 24.3 Å². The minimum Gasteiger partial charge on any atom is -0.497 e. The Bertz CT molecular complexity index is 808. The summed E-state index contributed by atoms with van der Waals surface area (Å²) in [5.74, 6) is 2.65. The summed E-state index contributed by atoms with van der Waals surface area (Å²) in [5.41, 5.74) is 3.90. The summed E-state index contributed by atoms with van der Waals surface area (Å²) < 4.78 is 11.3. The van der Waals surface area contributed by atoms with Crippen molar-refractivity contribution in [3.8, 4) is 5.75 Å². The highest BCUT2D eigenvalue weighted by molar-refractivity contribution is 5.37. The minimum atomic E-state index is 0.0618. The number of benzene rings is 2. The molecular weight excluding hydrogens is 332 g/mol. The molecular formula is C25H30O2. The monoisotopic (exact) mass is 362 g/mol. The van der Waals surface area contributed by atoms with Crippen molar-refractivity contribution in [2.24, 2.45) is 5.41 Å². The fourth-order valence-electron chi connectivity index (χ4n) is 3.43. The summed E-state index contributed by atoms with van der Waals surface area (Å²) in [4.78, 5) is 0. The van der Waals surface area contributed by atoms with Crippen LogP contribution in [0.2, 0.25) is 0 Å². The van der Waals surface area contributed by atoms with Crippen molar-refractivity contribution in [2.45, 2.75) is 46.1 Å². The van der Waals surface area contributed by atoms with E-state index in [4.69, 9.17) is 9.47 Å². The second kappa shape index (κ2) is 8.04. The summed E-state index contributed by atoms with van der Waals surface area (Å²) in [6, 6.07) is 17.0. The van der Waals surface area contributed by atoms with Gasteiger partial charge < -0.3 is 9.47 Å². The molecule has 2 aromatic carbocycles. The normalized spacial score (nSPS) is 18.3. The molecule has 1 atom stereocenters. The number of hydrogen-bond donors (Lipinski definition) is 0. The molecule has 27 heavy (non-hydrogen) atoms. The van der Waals surface area contributed by atoms with E-state index in [1.54, 1.807) is 7.11 Å². The zero-order valence-corrected chi connectivity index (χ0v) is 17.0. The lowest BCUT2D eigenvalue weighted by atomic mass is 9.72. The van der Waals surface area contributed by atoms with Crippen LogP contribution in [0.3, 0.4) is 0 Å². The Morgan fingerprint density at radius 2 is 1.63 bits per heavy atom. The van der Waals surface area contributed by atoms with Gasteiger partial charge in [0, 0.05) is 5.92 Å². The third-order valence-electron chi connectivity index (χ3n) is 5.34. The number of ether oxygens (including phenoxy) is 2. The predicted molar refractivity (Wildman–Crippen MR) is 112 cm³/mol. The summed E-state index contributed by atoms with van der Waals surface area (Å²) in [6.07, 6.45) is 6.62. The van der Waals surface area contributed by atoms with Crippen LogP contribution in [0.1, 0.15) is 56.2 Å². The molecule has 0 saturated carbocycles. The van der Waals surface area contributed by atoms with Crippen LogP contribution < -0.4 is 4.74 Å². The van der Waals surface area contributed by atoms with Gasteiger partial charge in [0.25, 0.3) is 0 Å². The average molecular weight is 363 g/mol. The van der Waals surface area contributed by atoms with E-state index < -0.39 is 0 Å². The highest BCUT2D eigenvalue weighted by Gasteiger charge is 2.30. The topological polar surface area (TPSA) is 18.5 Å². The number of hydrogen-bond acceptors (Lipinski definition) is 2. The molecule has 0 radical (unpaired) electrons. The molecule has 0 saturated heterocycles. The first kappa shape index (κ1) is 19.3. The Morgan fingerprint density at radius 1 is 0.963 bits per heavy atom. The summed E-state index contributed by atoms with van der Waals surface area (Å²) in [7, 11) is 1.68. The first-order valence-corrected chi connectivity index (χ1v) is 9.65. The predicted octanol–water partition coefficient (Wildman–Crippen LogP) is 6.60. The molecule has 0 amide bonds. The van der Waals surface area contributed by atoms with E-state index in [0.29, 0.717) is 18.4 Å². The second-order valence-corrected chi connectivity index (χ2v) is 8.16. The van der Waals surface area contributed by atoms with E-state index in [1.165, 1.54) is 11.1 Å². The van der Waals surface area contributed by atoms with Crippen molar-refractivity contribution in [1.82, 2.24) is 0 Å². The van der Waals surface area contributed by atoms with E-state index in [2.05, 4.69) is 70.2 Å². The Kier molecular flexibility index (Phi) is 5.74. The summed E-state index contributed by atoms with van der Waals surface area (Å²) in [6.45, 7) is 9.57. The standard InChI is InChI=1S/C25H30O2/c1-18(2)20-8-10-21(11-9-20)24-16-23(14-15-25(24,3)4)27-17-19-6-12-22(26-5)13-7-19/h6-16,18,24H,17H2,1-5H3. The smallest absolute Gasteiger partial charge is 0.118 e. The molecule has 1 aliphatic rings. The zero-order valence-electron chi connectivity index (χ0n) is 17.0. The van der Waals surface area contributed by atoms with Crippen molar-refractivity contribution in [2.75, 3.05) is 7.11 Å². The summed E-state index contributed by atoms with van der Waals surface area (Å²) in [5, 5.41) is 0. The van der Waals surface area contributed by atoms with Crippen molar-refractivity contribution in [3.63, 3.8) is 0 Å². The molecule has 0 heterocycles. The van der Waals surface area contributed by atoms with Gasteiger partial charge in [0.15, 0.2) is 0 Å². The van der Waals surface area contributed by atoms with Gasteiger partial charge >= 0.3 is 0 Å². The van der Waals surface area contributed by atoms with Crippen LogP contribution in [0.5, 0.6) is 5.75 Å². The maximum atomic E-state index is 6.08. The molecule has 0 aromatic heterocycles. The third kappa shape index (κ3) is 4.63. The molecule has 3 rings (SSSR count). The molecule has 0 bridgehead atoms. The molecule has 142 valence electrons. The van der Waals surface area contributed by atoms with E-state index in [9.17, 15) is 0 Å². The van der Waals surface area contributed by atoms with Crippen molar-refractivity contribution in [1.29, 1.82) is 0 Å². The van der Waals surface area contributed by atoms with Crippen LogP contribution in [0.25, 0.3) is 0 Å². The van der Waals surface area contributed by atoms with Crippen molar-refractivity contribution >= 4 is 0 Å². The molecule has 2 heteroatoms. The van der Waals surface area contributed by atoms with Gasteiger partial charge in [-0.1, -0.05) is 70.2 Å². The Balaban J connectivity index is 1.74. The zero-order chi connectivity index (χ0) is 19.4. The molecule has 0 fully saturated rings. The fraction of sp³-hybridized carbons (Fsp3) is 0.360. The highest BCUT2D eigenvalue weighted by Crippen LogP contribution is 2.42.